The van der Waals surface area contributed by atoms with E-state index >= 15 is 0 Å². The number of carbonyl (C=O) groups is 1. The minimum absolute atomic E-state index is 0.00132. The number of hydrogen-bond acceptors (Lipinski definition) is 2. The minimum Gasteiger partial charge on any atom is -0.352 e. The summed E-state index contributed by atoms with van der Waals surface area (Å²) in [7, 11) is 0. The van der Waals surface area contributed by atoms with Crippen LogP contribution in [0.25, 0.3) is 0 Å². The number of amides is 1. The Morgan fingerprint density at radius 3 is 2.50 bits per heavy atom. The second kappa shape index (κ2) is 6.55. The van der Waals surface area contributed by atoms with Crippen LogP contribution in [0.1, 0.15) is 53.9 Å². The van der Waals surface area contributed by atoms with E-state index in [9.17, 15) is 4.79 Å². The number of carbonyl (C=O) groups excluding carboxylic acids is 1. The van der Waals surface area contributed by atoms with Gasteiger partial charge in [0.05, 0.1) is 0 Å². The van der Waals surface area contributed by atoms with E-state index in [-0.39, 0.29) is 5.91 Å². The van der Waals surface area contributed by atoms with Gasteiger partial charge in [0.1, 0.15) is 0 Å². The van der Waals surface area contributed by atoms with E-state index in [1.54, 1.807) is 0 Å². The van der Waals surface area contributed by atoms with Crippen LogP contribution in [-0.4, -0.2) is 19.0 Å². The average Bonchev–Trinajstić information content (AvgIpc) is 2.93. The molecule has 0 saturated heterocycles. The Balaban J connectivity index is 1.92. The van der Waals surface area contributed by atoms with E-state index in [4.69, 9.17) is 5.73 Å². The molecule has 1 aliphatic rings. The molecule has 0 heterocycles. The van der Waals surface area contributed by atoms with Gasteiger partial charge in [-0.25, -0.2) is 0 Å². The zero-order chi connectivity index (χ0) is 12.8. The summed E-state index contributed by atoms with van der Waals surface area (Å²) in [5, 5.41) is 2.87. The quantitative estimate of drug-likeness (QED) is 0.784. The zero-order valence-electron chi connectivity index (χ0n) is 10.8. The van der Waals surface area contributed by atoms with Gasteiger partial charge in [0.2, 0.25) is 0 Å². The summed E-state index contributed by atoms with van der Waals surface area (Å²) in [5.74, 6) is 0.709. The molecule has 1 fully saturated rings. The Morgan fingerprint density at radius 1 is 1.22 bits per heavy atom. The zero-order valence-corrected chi connectivity index (χ0v) is 10.8. The first-order valence-corrected chi connectivity index (χ1v) is 6.89. The van der Waals surface area contributed by atoms with E-state index in [0.29, 0.717) is 19.0 Å². The largest absolute Gasteiger partial charge is 0.352 e. The number of benzene rings is 1. The van der Waals surface area contributed by atoms with Crippen LogP contribution in [0.2, 0.25) is 0 Å². The highest BCUT2D eigenvalue weighted by atomic mass is 16.1. The van der Waals surface area contributed by atoms with Crippen LogP contribution in [-0.2, 0) is 0 Å². The fraction of sp³-hybridized carbons (Fsp3) is 0.533. The number of nitrogens with two attached hydrogens (primary N) is 1. The standard InChI is InChI=1S/C15H22N2O/c16-10-3-11-17-15(18)14-8-6-13(7-9-14)12-4-1-2-5-12/h6-9,12H,1-5,10-11,16H2,(H,17,18). The third kappa shape index (κ3) is 3.33. The lowest BCUT2D eigenvalue weighted by atomic mass is 9.96. The Bertz CT molecular complexity index is 380. The van der Waals surface area contributed by atoms with E-state index < -0.39 is 0 Å². The van der Waals surface area contributed by atoms with Crippen LogP contribution in [0, 0.1) is 0 Å². The molecule has 1 aliphatic carbocycles. The first kappa shape index (κ1) is 13.1. The smallest absolute Gasteiger partial charge is 0.251 e. The molecular weight excluding hydrogens is 224 g/mol. The molecule has 1 saturated carbocycles. The van der Waals surface area contributed by atoms with Crippen molar-refractivity contribution in [1.29, 1.82) is 0 Å². The second-order valence-electron chi connectivity index (χ2n) is 5.00. The van der Waals surface area contributed by atoms with E-state index in [1.807, 2.05) is 12.1 Å². The number of nitrogens with one attached hydrogen (secondary N) is 1. The van der Waals surface area contributed by atoms with Crippen LogP contribution in [0.4, 0.5) is 0 Å². The summed E-state index contributed by atoms with van der Waals surface area (Å²) in [5.41, 5.74) is 7.52. The van der Waals surface area contributed by atoms with Gasteiger partial charge in [-0.2, -0.15) is 0 Å². The molecule has 0 aliphatic heterocycles. The third-order valence-electron chi connectivity index (χ3n) is 3.67. The van der Waals surface area contributed by atoms with Crippen LogP contribution in [0.15, 0.2) is 24.3 Å². The van der Waals surface area contributed by atoms with Gasteiger partial charge in [0, 0.05) is 12.1 Å². The van der Waals surface area contributed by atoms with E-state index in [0.717, 1.165) is 12.0 Å². The van der Waals surface area contributed by atoms with Crippen molar-refractivity contribution < 1.29 is 4.79 Å². The summed E-state index contributed by atoms with van der Waals surface area (Å²) < 4.78 is 0. The summed E-state index contributed by atoms with van der Waals surface area (Å²) in [4.78, 5) is 11.8. The Kier molecular flexibility index (Phi) is 4.76. The molecular formula is C15H22N2O. The van der Waals surface area contributed by atoms with Gasteiger partial charge in [-0.3, -0.25) is 4.79 Å². The second-order valence-corrected chi connectivity index (χ2v) is 5.00. The molecule has 3 nitrogen and oxygen atoms in total. The van der Waals surface area contributed by atoms with Crippen molar-refractivity contribution in [2.45, 2.75) is 38.0 Å². The normalized spacial score (nSPS) is 15.8. The predicted octanol–water partition coefficient (Wildman–Crippen LogP) is 2.42. The van der Waals surface area contributed by atoms with Crippen molar-refractivity contribution in [1.82, 2.24) is 5.32 Å². The number of hydrogen-bond donors (Lipinski definition) is 2. The van der Waals surface area contributed by atoms with Gasteiger partial charge < -0.3 is 11.1 Å². The van der Waals surface area contributed by atoms with Crippen molar-refractivity contribution in [3.8, 4) is 0 Å². The van der Waals surface area contributed by atoms with Crippen LogP contribution >= 0.6 is 0 Å². The summed E-state index contributed by atoms with van der Waals surface area (Å²) in [6.07, 6.45) is 6.09. The van der Waals surface area contributed by atoms with Gasteiger partial charge >= 0.3 is 0 Å². The highest BCUT2D eigenvalue weighted by molar-refractivity contribution is 5.94. The molecule has 2 rings (SSSR count). The fourth-order valence-corrected chi connectivity index (χ4v) is 2.57. The van der Waals surface area contributed by atoms with Crippen molar-refractivity contribution in [3.05, 3.63) is 35.4 Å². The monoisotopic (exact) mass is 246 g/mol. The SMILES string of the molecule is NCCCNC(=O)c1ccc(C2CCCC2)cc1. The van der Waals surface area contributed by atoms with Crippen molar-refractivity contribution in [2.75, 3.05) is 13.1 Å². The molecule has 0 aromatic heterocycles. The molecule has 1 aromatic rings. The molecule has 3 N–H and O–H groups in total. The lowest BCUT2D eigenvalue weighted by Gasteiger charge is -2.10. The summed E-state index contributed by atoms with van der Waals surface area (Å²) in [6.45, 7) is 1.26. The highest BCUT2D eigenvalue weighted by Crippen LogP contribution is 2.33. The van der Waals surface area contributed by atoms with Crippen molar-refractivity contribution >= 4 is 5.91 Å². The molecule has 0 bridgehead atoms. The Labute approximate surface area is 109 Å². The third-order valence-corrected chi connectivity index (χ3v) is 3.67. The minimum atomic E-state index is 0.00132. The summed E-state index contributed by atoms with van der Waals surface area (Å²) >= 11 is 0. The molecule has 98 valence electrons. The topological polar surface area (TPSA) is 55.1 Å². The summed E-state index contributed by atoms with van der Waals surface area (Å²) in [6, 6.07) is 8.08. The molecule has 0 spiro atoms. The lowest BCUT2D eigenvalue weighted by molar-refractivity contribution is 0.0953. The van der Waals surface area contributed by atoms with E-state index in [2.05, 4.69) is 17.4 Å². The van der Waals surface area contributed by atoms with Gasteiger partial charge in [-0.15, -0.1) is 0 Å². The highest BCUT2D eigenvalue weighted by Gasteiger charge is 2.17. The maximum atomic E-state index is 11.8. The lowest BCUT2D eigenvalue weighted by Crippen LogP contribution is -2.25. The molecule has 0 unspecified atom stereocenters. The van der Waals surface area contributed by atoms with Crippen molar-refractivity contribution in [2.24, 2.45) is 5.73 Å². The Morgan fingerprint density at radius 2 is 1.89 bits per heavy atom. The first-order chi connectivity index (χ1) is 8.81. The Hall–Kier alpha value is -1.35. The van der Waals surface area contributed by atoms with Gasteiger partial charge in [0.15, 0.2) is 0 Å². The van der Waals surface area contributed by atoms with Crippen LogP contribution in [0.3, 0.4) is 0 Å². The predicted molar refractivity (Wildman–Crippen MR) is 73.7 cm³/mol. The van der Waals surface area contributed by atoms with Gasteiger partial charge in [-0.05, 0) is 49.4 Å². The average molecular weight is 246 g/mol. The first-order valence-electron chi connectivity index (χ1n) is 6.89. The molecule has 1 amide bonds. The maximum Gasteiger partial charge on any atom is 0.251 e. The van der Waals surface area contributed by atoms with Crippen LogP contribution < -0.4 is 11.1 Å². The van der Waals surface area contributed by atoms with Crippen LogP contribution in [0.5, 0.6) is 0 Å². The fourth-order valence-electron chi connectivity index (χ4n) is 2.57. The molecule has 0 radical (unpaired) electrons. The van der Waals surface area contributed by atoms with Gasteiger partial charge in [0.25, 0.3) is 5.91 Å². The van der Waals surface area contributed by atoms with Crippen molar-refractivity contribution in [3.63, 3.8) is 0 Å². The molecule has 0 atom stereocenters. The van der Waals surface area contributed by atoms with E-state index in [1.165, 1.54) is 31.2 Å². The molecule has 3 heteroatoms. The molecule has 1 aromatic carbocycles. The molecule has 18 heavy (non-hydrogen) atoms. The maximum absolute atomic E-state index is 11.8. The number of rotatable bonds is 5. The van der Waals surface area contributed by atoms with Gasteiger partial charge in [-0.1, -0.05) is 25.0 Å².